The van der Waals surface area contributed by atoms with Gasteiger partial charge in [-0.25, -0.2) is 0 Å². The van der Waals surface area contributed by atoms with Crippen LogP contribution in [0, 0.1) is 13.8 Å². The molecule has 0 radical (unpaired) electrons. The Hall–Kier alpha value is -1.35. The van der Waals surface area contributed by atoms with E-state index in [4.69, 9.17) is 9.47 Å². The second-order valence-electron chi connectivity index (χ2n) is 3.65. The largest absolute Gasteiger partial charge is 0.491 e. The van der Waals surface area contributed by atoms with Crippen LogP contribution in [0.5, 0.6) is 5.75 Å². The highest BCUT2D eigenvalue weighted by Gasteiger charge is 2.05. The number of carbonyl (C=O) groups excluding carboxylic acids is 1. The predicted molar refractivity (Wildman–Crippen MR) is 63.3 cm³/mol. The standard InChI is InChI=1S/C13H18O3/c1-4-15-5-6-16-13-10(2)7-12(9-14)8-11(13)3/h7-9H,4-6H2,1-3H3. The van der Waals surface area contributed by atoms with E-state index in [1.165, 1.54) is 0 Å². The average molecular weight is 222 g/mol. The molecule has 1 aromatic carbocycles. The Morgan fingerprint density at radius 2 is 1.81 bits per heavy atom. The summed E-state index contributed by atoms with van der Waals surface area (Å²) in [6, 6.07) is 3.66. The van der Waals surface area contributed by atoms with E-state index < -0.39 is 0 Å². The normalized spacial score (nSPS) is 10.2. The topological polar surface area (TPSA) is 35.5 Å². The van der Waals surface area contributed by atoms with Crippen molar-refractivity contribution in [3.63, 3.8) is 0 Å². The Balaban J connectivity index is 2.69. The molecular formula is C13H18O3. The molecule has 0 unspecified atom stereocenters. The molecule has 0 atom stereocenters. The summed E-state index contributed by atoms with van der Waals surface area (Å²) in [6.07, 6.45) is 0.851. The first-order valence-corrected chi connectivity index (χ1v) is 5.46. The molecule has 3 heteroatoms. The molecule has 0 fully saturated rings. The van der Waals surface area contributed by atoms with Crippen LogP contribution in [0.2, 0.25) is 0 Å². The number of hydrogen-bond donors (Lipinski definition) is 0. The van der Waals surface area contributed by atoms with E-state index in [1.807, 2.05) is 32.9 Å². The van der Waals surface area contributed by atoms with Crippen molar-refractivity contribution in [2.24, 2.45) is 0 Å². The Morgan fingerprint density at radius 1 is 1.19 bits per heavy atom. The number of benzene rings is 1. The third kappa shape index (κ3) is 3.35. The minimum atomic E-state index is 0.538. The molecule has 0 spiro atoms. The van der Waals surface area contributed by atoms with E-state index >= 15 is 0 Å². The van der Waals surface area contributed by atoms with Gasteiger partial charge in [0.15, 0.2) is 0 Å². The molecule has 0 saturated heterocycles. The van der Waals surface area contributed by atoms with Crippen molar-refractivity contribution >= 4 is 6.29 Å². The van der Waals surface area contributed by atoms with Gasteiger partial charge in [-0.15, -0.1) is 0 Å². The van der Waals surface area contributed by atoms with Crippen molar-refractivity contribution in [2.45, 2.75) is 20.8 Å². The highest BCUT2D eigenvalue weighted by molar-refractivity contribution is 5.76. The smallest absolute Gasteiger partial charge is 0.150 e. The van der Waals surface area contributed by atoms with E-state index in [0.717, 1.165) is 23.2 Å². The van der Waals surface area contributed by atoms with Crippen molar-refractivity contribution in [3.8, 4) is 5.75 Å². The van der Waals surface area contributed by atoms with Crippen molar-refractivity contribution in [1.82, 2.24) is 0 Å². The van der Waals surface area contributed by atoms with Crippen LogP contribution in [-0.2, 0) is 4.74 Å². The molecule has 1 aromatic rings. The van der Waals surface area contributed by atoms with Crippen LogP contribution in [0.25, 0.3) is 0 Å². The quantitative estimate of drug-likeness (QED) is 0.548. The zero-order valence-electron chi connectivity index (χ0n) is 10.1. The molecular weight excluding hydrogens is 204 g/mol. The van der Waals surface area contributed by atoms with Gasteiger partial charge >= 0.3 is 0 Å². The molecule has 0 heterocycles. The summed E-state index contributed by atoms with van der Waals surface area (Å²) in [4.78, 5) is 10.7. The summed E-state index contributed by atoms with van der Waals surface area (Å²) < 4.78 is 10.8. The van der Waals surface area contributed by atoms with Gasteiger partial charge in [0, 0.05) is 12.2 Å². The van der Waals surface area contributed by atoms with Crippen LogP contribution < -0.4 is 4.74 Å². The second-order valence-corrected chi connectivity index (χ2v) is 3.65. The van der Waals surface area contributed by atoms with Gasteiger partial charge in [0.25, 0.3) is 0 Å². The Kier molecular flexibility index (Phi) is 4.99. The molecule has 0 aromatic heterocycles. The van der Waals surface area contributed by atoms with Crippen molar-refractivity contribution in [1.29, 1.82) is 0 Å². The van der Waals surface area contributed by atoms with Crippen LogP contribution in [0.1, 0.15) is 28.4 Å². The van der Waals surface area contributed by atoms with E-state index in [-0.39, 0.29) is 0 Å². The first-order valence-electron chi connectivity index (χ1n) is 5.46. The van der Waals surface area contributed by atoms with Crippen molar-refractivity contribution in [2.75, 3.05) is 19.8 Å². The van der Waals surface area contributed by atoms with Gasteiger partial charge < -0.3 is 9.47 Å². The zero-order valence-corrected chi connectivity index (χ0v) is 10.1. The van der Waals surface area contributed by atoms with Crippen molar-refractivity contribution < 1.29 is 14.3 Å². The fraction of sp³-hybridized carbons (Fsp3) is 0.462. The van der Waals surface area contributed by atoms with Gasteiger partial charge in [-0.1, -0.05) is 0 Å². The number of aldehydes is 1. The fourth-order valence-corrected chi connectivity index (χ4v) is 1.63. The van der Waals surface area contributed by atoms with Gasteiger partial charge in [0.05, 0.1) is 6.61 Å². The fourth-order valence-electron chi connectivity index (χ4n) is 1.63. The maximum atomic E-state index is 10.7. The predicted octanol–water partition coefficient (Wildman–Crippen LogP) is 2.53. The summed E-state index contributed by atoms with van der Waals surface area (Å²) in [6.45, 7) is 7.66. The van der Waals surface area contributed by atoms with Gasteiger partial charge in [-0.05, 0) is 44.0 Å². The third-order valence-electron chi connectivity index (χ3n) is 2.30. The van der Waals surface area contributed by atoms with Crippen LogP contribution >= 0.6 is 0 Å². The van der Waals surface area contributed by atoms with E-state index in [2.05, 4.69) is 0 Å². The number of carbonyl (C=O) groups is 1. The monoisotopic (exact) mass is 222 g/mol. The molecule has 3 nitrogen and oxygen atoms in total. The lowest BCUT2D eigenvalue weighted by Gasteiger charge is -2.12. The van der Waals surface area contributed by atoms with Crippen molar-refractivity contribution in [3.05, 3.63) is 28.8 Å². The SMILES string of the molecule is CCOCCOc1c(C)cc(C=O)cc1C. The Labute approximate surface area is 96.4 Å². The van der Waals surface area contributed by atoms with Crippen LogP contribution in [0.3, 0.4) is 0 Å². The number of hydrogen-bond acceptors (Lipinski definition) is 3. The molecule has 0 saturated carbocycles. The summed E-state index contributed by atoms with van der Waals surface area (Å²) in [5.41, 5.74) is 2.66. The lowest BCUT2D eigenvalue weighted by atomic mass is 10.1. The highest BCUT2D eigenvalue weighted by atomic mass is 16.5. The molecule has 1 rings (SSSR count). The van der Waals surface area contributed by atoms with Crippen LogP contribution in [0.15, 0.2) is 12.1 Å². The maximum Gasteiger partial charge on any atom is 0.150 e. The Bertz CT molecular complexity index is 335. The highest BCUT2D eigenvalue weighted by Crippen LogP contribution is 2.24. The number of ether oxygens (including phenoxy) is 2. The lowest BCUT2D eigenvalue weighted by molar-refractivity contribution is 0.109. The molecule has 0 aliphatic carbocycles. The summed E-state index contributed by atoms with van der Waals surface area (Å²) >= 11 is 0. The van der Waals surface area contributed by atoms with E-state index in [0.29, 0.717) is 25.4 Å². The number of aryl methyl sites for hydroxylation is 2. The lowest BCUT2D eigenvalue weighted by Crippen LogP contribution is -2.08. The van der Waals surface area contributed by atoms with Gasteiger partial charge in [-0.3, -0.25) is 4.79 Å². The van der Waals surface area contributed by atoms with E-state index in [1.54, 1.807) is 0 Å². The molecule has 0 aliphatic heterocycles. The summed E-state index contributed by atoms with van der Waals surface area (Å²) in [5.74, 6) is 0.852. The average Bonchev–Trinajstić information content (AvgIpc) is 2.26. The first kappa shape index (κ1) is 12.7. The molecule has 0 aliphatic rings. The zero-order chi connectivity index (χ0) is 12.0. The van der Waals surface area contributed by atoms with E-state index in [9.17, 15) is 4.79 Å². The van der Waals surface area contributed by atoms with Gasteiger partial charge in [0.1, 0.15) is 18.6 Å². The first-order chi connectivity index (χ1) is 7.69. The van der Waals surface area contributed by atoms with Crippen LogP contribution in [-0.4, -0.2) is 26.1 Å². The third-order valence-corrected chi connectivity index (χ3v) is 2.30. The summed E-state index contributed by atoms with van der Waals surface area (Å²) in [7, 11) is 0. The molecule has 88 valence electrons. The molecule has 0 amide bonds. The van der Waals surface area contributed by atoms with Gasteiger partial charge in [-0.2, -0.15) is 0 Å². The minimum Gasteiger partial charge on any atom is -0.491 e. The maximum absolute atomic E-state index is 10.7. The second kappa shape index (κ2) is 6.28. The Morgan fingerprint density at radius 3 is 2.31 bits per heavy atom. The number of rotatable bonds is 6. The van der Waals surface area contributed by atoms with Gasteiger partial charge in [0.2, 0.25) is 0 Å². The summed E-state index contributed by atoms with van der Waals surface area (Å²) in [5, 5.41) is 0. The van der Waals surface area contributed by atoms with Crippen LogP contribution in [0.4, 0.5) is 0 Å². The molecule has 0 bridgehead atoms. The minimum absolute atomic E-state index is 0.538. The molecule has 16 heavy (non-hydrogen) atoms. The molecule has 0 N–H and O–H groups in total.